The molecule has 11 rings (SSSR count). The van der Waals surface area contributed by atoms with Crippen molar-refractivity contribution in [3.05, 3.63) is 205 Å². The first kappa shape index (κ1) is 42.0. The summed E-state index contributed by atoms with van der Waals surface area (Å²) >= 11 is 0. The number of ether oxygens (including phenoxy) is 1. The first-order valence-corrected chi connectivity index (χ1v) is 21.9. The van der Waals surface area contributed by atoms with Crippen LogP contribution in [0.15, 0.2) is 170 Å². The zero-order valence-corrected chi connectivity index (χ0v) is 39.5. The maximum Gasteiger partial charge on any atom is 2.00 e. The molecule has 8 heteroatoms. The zero-order chi connectivity index (χ0) is 43.7. The van der Waals surface area contributed by atoms with Gasteiger partial charge in [0, 0.05) is 58.2 Å². The van der Waals surface area contributed by atoms with E-state index in [1.165, 1.54) is 27.7 Å². The van der Waals surface area contributed by atoms with E-state index in [0.29, 0.717) is 11.5 Å². The molecule has 0 fully saturated rings. The molecule has 0 unspecified atom stereocenters. The molecule has 0 radical (unpaired) electrons. The Morgan fingerprint density at radius 3 is 1.95 bits per heavy atom. The molecule has 0 atom stereocenters. The van der Waals surface area contributed by atoms with Gasteiger partial charge in [0.15, 0.2) is 0 Å². The van der Waals surface area contributed by atoms with Crippen molar-refractivity contribution in [3.63, 3.8) is 0 Å². The van der Waals surface area contributed by atoms with E-state index in [1.807, 2.05) is 24.5 Å². The van der Waals surface area contributed by atoms with Crippen molar-refractivity contribution >= 4 is 45.6 Å². The molecule has 10 aromatic rings. The first-order chi connectivity index (χ1) is 31.1. The van der Waals surface area contributed by atoms with Crippen molar-refractivity contribution < 1.29 is 25.8 Å². The van der Waals surface area contributed by atoms with Crippen LogP contribution >= 0.6 is 0 Å². The summed E-state index contributed by atoms with van der Waals surface area (Å²) in [6, 6.07) is 61.1. The van der Waals surface area contributed by atoms with Crippen LogP contribution in [0, 0.1) is 32.9 Å². The van der Waals surface area contributed by atoms with Gasteiger partial charge in [-0.25, -0.2) is 4.98 Å². The topological polar surface area (TPSA) is 48.1 Å². The Morgan fingerprint density at radius 2 is 1.26 bits per heavy atom. The summed E-state index contributed by atoms with van der Waals surface area (Å²) in [5, 5.41) is 2.21. The number of aromatic nitrogens is 4. The van der Waals surface area contributed by atoms with Crippen LogP contribution in [0.5, 0.6) is 11.5 Å². The van der Waals surface area contributed by atoms with Gasteiger partial charge >= 0.3 is 28.0 Å². The fourth-order valence-corrected chi connectivity index (χ4v) is 9.77. The van der Waals surface area contributed by atoms with Gasteiger partial charge in [0.05, 0.1) is 0 Å². The molecular weight excluding hydrogens is 977 g/mol. The second-order valence-electron chi connectivity index (χ2n) is 17.9. The summed E-state index contributed by atoms with van der Waals surface area (Å²) in [4.78, 5) is 12.4. The van der Waals surface area contributed by atoms with Crippen molar-refractivity contribution in [1.82, 2.24) is 19.0 Å². The van der Waals surface area contributed by atoms with Crippen LogP contribution in [-0.4, -0.2) is 26.0 Å². The monoisotopic (exact) mass is 1020 g/mol. The Kier molecular flexibility index (Phi) is 10.7. The summed E-state index contributed by atoms with van der Waals surface area (Å²) < 4.78 is 11.3. The van der Waals surface area contributed by atoms with Crippen LogP contribution in [0.25, 0.3) is 61.3 Å². The predicted octanol–water partition coefficient (Wildman–Crippen LogP) is 13.4. The van der Waals surface area contributed by atoms with E-state index in [-0.39, 0.29) is 33.5 Å². The molecule has 0 saturated heterocycles. The van der Waals surface area contributed by atoms with Gasteiger partial charge in [-0.2, -0.15) is 6.07 Å². The SMILES string of the molecule is Cc1cc(C)c(B2N(c3c(-c4ccccc4)cccc3-c3ccccc3)c3ccc(Oc4[c-]c5c(cc4)c4ccccc4n5-c4cc(C(C)(C)C)ccn4)[c-]c3-c3nccn32)c(C)c1.[Pt+2]. The average Bonchev–Trinajstić information content (AvgIpc) is 3.93. The van der Waals surface area contributed by atoms with Crippen molar-refractivity contribution in [2.24, 2.45) is 0 Å². The zero-order valence-electron chi connectivity index (χ0n) is 37.2. The van der Waals surface area contributed by atoms with Gasteiger partial charge < -0.3 is 18.6 Å². The molecule has 7 aromatic carbocycles. The first-order valence-electron chi connectivity index (χ1n) is 21.9. The van der Waals surface area contributed by atoms with Crippen LogP contribution < -0.4 is 15.0 Å². The maximum atomic E-state index is 6.80. The van der Waals surface area contributed by atoms with Gasteiger partial charge in [-0.1, -0.05) is 170 Å². The number of anilines is 2. The number of nitrogens with zero attached hydrogens (tertiary/aromatic N) is 5. The van der Waals surface area contributed by atoms with Gasteiger partial charge in [0.25, 0.3) is 0 Å². The normalized spacial score (nSPS) is 12.3. The van der Waals surface area contributed by atoms with Gasteiger partial charge in [-0.15, -0.1) is 23.6 Å². The van der Waals surface area contributed by atoms with Crippen LogP contribution in [0.2, 0.25) is 0 Å². The molecule has 1 aliphatic rings. The Morgan fingerprint density at radius 1 is 0.615 bits per heavy atom. The molecule has 0 saturated carbocycles. The smallest absolute Gasteiger partial charge is 0.503 e. The van der Waals surface area contributed by atoms with Crippen LogP contribution in [0.4, 0.5) is 11.4 Å². The van der Waals surface area contributed by atoms with Crippen LogP contribution in [0.1, 0.15) is 43.0 Å². The largest absolute Gasteiger partial charge is 2.00 e. The number of benzene rings is 7. The van der Waals surface area contributed by atoms with Gasteiger partial charge in [-0.3, -0.25) is 4.98 Å². The van der Waals surface area contributed by atoms with Crippen molar-refractivity contribution in [1.29, 1.82) is 0 Å². The quantitative estimate of drug-likeness (QED) is 0.118. The summed E-state index contributed by atoms with van der Waals surface area (Å²) in [6.45, 7) is 13.1. The molecule has 0 N–H and O–H groups in total. The van der Waals surface area contributed by atoms with E-state index in [4.69, 9.17) is 14.7 Å². The summed E-state index contributed by atoms with van der Waals surface area (Å²) in [7, 11) is 0. The minimum atomic E-state index is -0.263. The Hall–Kier alpha value is -6.95. The van der Waals surface area contributed by atoms with E-state index in [2.05, 4.69) is 213 Å². The van der Waals surface area contributed by atoms with Gasteiger partial charge in [0.2, 0.25) is 0 Å². The van der Waals surface area contributed by atoms with Crippen molar-refractivity contribution in [2.45, 2.75) is 47.0 Å². The minimum absolute atomic E-state index is 0. The molecule has 3 aromatic heterocycles. The van der Waals surface area contributed by atoms with E-state index >= 15 is 0 Å². The summed E-state index contributed by atoms with van der Waals surface area (Å²) in [6.07, 6.45) is 5.91. The van der Waals surface area contributed by atoms with E-state index in [0.717, 1.165) is 72.6 Å². The number of para-hydroxylation sites is 2. The Balaban J connectivity index is 0.00000498. The van der Waals surface area contributed by atoms with Crippen molar-refractivity contribution in [2.75, 3.05) is 4.81 Å². The Bertz CT molecular complexity index is 3330. The number of fused-ring (bicyclic) bond motifs is 6. The molecule has 65 heavy (non-hydrogen) atoms. The number of rotatable bonds is 7. The summed E-state index contributed by atoms with van der Waals surface area (Å²) in [5.41, 5.74) is 15.5. The minimum Gasteiger partial charge on any atom is -0.503 e. The van der Waals surface area contributed by atoms with Crippen LogP contribution in [-0.2, 0) is 26.5 Å². The number of aryl methyl sites for hydroxylation is 3. The average molecular weight is 1020 g/mol. The Labute approximate surface area is 395 Å². The van der Waals surface area contributed by atoms with Gasteiger partial charge in [-0.05, 0) is 77.6 Å². The third-order valence-electron chi connectivity index (χ3n) is 12.6. The van der Waals surface area contributed by atoms with Crippen LogP contribution in [0.3, 0.4) is 0 Å². The molecular formula is C57H46BN5OPt. The fraction of sp³-hybridized carbons (Fsp3) is 0.123. The molecule has 6 nitrogen and oxygen atoms in total. The molecule has 0 spiro atoms. The number of imidazole rings is 1. The fourth-order valence-electron chi connectivity index (χ4n) is 9.77. The molecule has 0 bridgehead atoms. The molecule has 4 heterocycles. The summed E-state index contributed by atoms with van der Waals surface area (Å²) in [5.74, 6) is 2.82. The number of hydrogen-bond donors (Lipinski definition) is 0. The second-order valence-corrected chi connectivity index (χ2v) is 17.9. The number of hydrogen-bond acceptors (Lipinski definition) is 4. The van der Waals surface area contributed by atoms with E-state index in [9.17, 15) is 0 Å². The number of pyridine rings is 1. The molecule has 0 amide bonds. The standard InChI is InChI=1S/C57H46BN5O.Pt/c1-37-32-38(2)54(39(3)33-37)58-61-31-30-60-56(61)49-35-43(25-27-51(49)63(58)55-45(40-16-9-7-10-17-40)21-15-22-46(55)41-18-11-8-12-19-41)64-44-24-26-48-47-20-13-14-23-50(47)62(52(48)36-44)53-34-42(28-29-59-53)57(4,5)6;/h7-34H,1-6H3;/q-2;+2. The molecule has 0 aliphatic carbocycles. The molecule has 1 aliphatic heterocycles. The second kappa shape index (κ2) is 16.6. The van der Waals surface area contributed by atoms with Gasteiger partial charge in [0.1, 0.15) is 5.82 Å². The van der Waals surface area contributed by atoms with E-state index < -0.39 is 0 Å². The third-order valence-corrected chi connectivity index (χ3v) is 12.6. The van der Waals surface area contributed by atoms with E-state index in [1.54, 1.807) is 0 Å². The molecule has 318 valence electrons. The predicted molar refractivity (Wildman–Crippen MR) is 264 cm³/mol. The maximum absolute atomic E-state index is 6.80. The third kappa shape index (κ3) is 7.29. The van der Waals surface area contributed by atoms with Crippen molar-refractivity contribution in [3.8, 4) is 51.0 Å².